The smallest absolute Gasteiger partial charge is 0.235 e. The third-order valence-electron chi connectivity index (χ3n) is 3.50. The lowest BCUT2D eigenvalue weighted by atomic mass is 10.1. The quantitative estimate of drug-likeness (QED) is 0.694. The molecule has 2 aromatic carbocycles. The number of carbonyl (C=O) groups excluding carboxylic acids is 1. The van der Waals surface area contributed by atoms with Crippen LogP contribution in [0.15, 0.2) is 51.7 Å². The highest BCUT2D eigenvalue weighted by Crippen LogP contribution is 2.32. The number of fused-ring (bicyclic) bond motifs is 1. The van der Waals surface area contributed by atoms with Gasteiger partial charge in [-0.25, -0.2) is 0 Å². The van der Waals surface area contributed by atoms with Gasteiger partial charge < -0.3 is 23.8 Å². The summed E-state index contributed by atoms with van der Waals surface area (Å²) in [6.45, 7) is -0.778. The van der Waals surface area contributed by atoms with Crippen LogP contribution in [-0.4, -0.2) is 19.7 Å². The molecule has 0 unspecified atom stereocenters. The Labute approximate surface area is 147 Å². The van der Waals surface area contributed by atoms with Crippen molar-refractivity contribution in [1.82, 2.24) is 0 Å². The second kappa shape index (κ2) is 6.86. The predicted molar refractivity (Wildman–Crippen MR) is 90.0 cm³/mol. The first-order chi connectivity index (χ1) is 12.0. The molecule has 0 spiro atoms. The minimum atomic E-state index is -1.45. The SMILES string of the molecule is COc1ccc(-c2oc3ccc(Cl)cc3c(=O)c2OCC(=O)[O-])cc1. The summed E-state index contributed by atoms with van der Waals surface area (Å²) in [5, 5.41) is 11.3. The predicted octanol–water partition coefficient (Wildman–Crippen LogP) is 2.25. The van der Waals surface area contributed by atoms with Gasteiger partial charge in [0.25, 0.3) is 0 Å². The van der Waals surface area contributed by atoms with Gasteiger partial charge in [-0.3, -0.25) is 4.79 Å². The molecule has 0 aliphatic carbocycles. The Morgan fingerprint density at radius 3 is 2.56 bits per heavy atom. The van der Waals surface area contributed by atoms with Crippen molar-refractivity contribution in [2.75, 3.05) is 13.7 Å². The molecule has 0 aliphatic rings. The first-order valence-electron chi connectivity index (χ1n) is 7.23. The number of ether oxygens (including phenoxy) is 2. The van der Waals surface area contributed by atoms with Gasteiger partial charge in [-0.15, -0.1) is 0 Å². The van der Waals surface area contributed by atoms with Crippen molar-refractivity contribution in [2.24, 2.45) is 0 Å². The molecule has 3 rings (SSSR count). The van der Waals surface area contributed by atoms with E-state index in [4.69, 9.17) is 25.5 Å². The molecule has 0 N–H and O–H groups in total. The number of aliphatic carboxylic acids is 1. The molecule has 0 fully saturated rings. The van der Waals surface area contributed by atoms with Gasteiger partial charge in [-0.1, -0.05) is 11.6 Å². The molecule has 25 heavy (non-hydrogen) atoms. The molecule has 3 aromatic rings. The van der Waals surface area contributed by atoms with Crippen molar-refractivity contribution in [1.29, 1.82) is 0 Å². The zero-order chi connectivity index (χ0) is 18.0. The fourth-order valence-electron chi connectivity index (χ4n) is 2.34. The van der Waals surface area contributed by atoms with Gasteiger partial charge in [0.05, 0.1) is 18.5 Å². The average Bonchev–Trinajstić information content (AvgIpc) is 2.61. The van der Waals surface area contributed by atoms with E-state index in [0.29, 0.717) is 21.9 Å². The number of carboxylic acid groups (broad SMARTS) is 1. The first kappa shape index (κ1) is 16.9. The van der Waals surface area contributed by atoms with E-state index in [9.17, 15) is 14.7 Å². The Balaban J connectivity index is 2.23. The molecule has 0 atom stereocenters. The second-order valence-electron chi connectivity index (χ2n) is 5.12. The van der Waals surface area contributed by atoms with E-state index in [1.165, 1.54) is 13.2 Å². The van der Waals surface area contributed by atoms with Gasteiger partial charge in [-0.05, 0) is 42.5 Å². The van der Waals surface area contributed by atoms with Crippen LogP contribution in [-0.2, 0) is 4.79 Å². The minimum absolute atomic E-state index is 0.115. The Hall–Kier alpha value is -2.99. The van der Waals surface area contributed by atoms with E-state index < -0.39 is 18.0 Å². The summed E-state index contributed by atoms with van der Waals surface area (Å²) in [4.78, 5) is 23.5. The van der Waals surface area contributed by atoms with Crippen LogP contribution in [0.4, 0.5) is 0 Å². The molecule has 0 radical (unpaired) electrons. The van der Waals surface area contributed by atoms with Gasteiger partial charge in [0.2, 0.25) is 11.2 Å². The monoisotopic (exact) mass is 359 g/mol. The molecule has 6 nitrogen and oxygen atoms in total. The molecular formula is C18H12ClO6-. The number of benzene rings is 2. The number of carboxylic acids is 1. The van der Waals surface area contributed by atoms with Gasteiger partial charge in [0, 0.05) is 10.6 Å². The summed E-state index contributed by atoms with van der Waals surface area (Å²) in [6, 6.07) is 11.3. The fraction of sp³-hybridized carbons (Fsp3) is 0.111. The fourth-order valence-corrected chi connectivity index (χ4v) is 2.52. The number of rotatable bonds is 5. The van der Waals surface area contributed by atoms with Crippen molar-refractivity contribution in [3.63, 3.8) is 0 Å². The Bertz CT molecular complexity index is 991. The van der Waals surface area contributed by atoms with E-state index in [0.717, 1.165) is 0 Å². The molecule has 0 aliphatic heterocycles. The van der Waals surface area contributed by atoms with Gasteiger partial charge in [0.1, 0.15) is 17.9 Å². The van der Waals surface area contributed by atoms with Crippen LogP contribution in [0, 0.1) is 0 Å². The Morgan fingerprint density at radius 2 is 1.92 bits per heavy atom. The highest BCUT2D eigenvalue weighted by Gasteiger charge is 2.18. The van der Waals surface area contributed by atoms with E-state index in [1.54, 1.807) is 36.4 Å². The number of carbonyl (C=O) groups is 1. The molecule has 0 bridgehead atoms. The zero-order valence-electron chi connectivity index (χ0n) is 13.1. The maximum atomic E-state index is 12.7. The van der Waals surface area contributed by atoms with Crippen LogP contribution >= 0.6 is 11.6 Å². The van der Waals surface area contributed by atoms with Crippen LogP contribution in [0.2, 0.25) is 5.02 Å². The topological polar surface area (TPSA) is 88.8 Å². The van der Waals surface area contributed by atoms with Crippen molar-refractivity contribution < 1.29 is 23.8 Å². The molecule has 0 amide bonds. The minimum Gasteiger partial charge on any atom is -0.546 e. The van der Waals surface area contributed by atoms with Crippen LogP contribution in [0.3, 0.4) is 0 Å². The summed E-state index contributed by atoms with van der Waals surface area (Å²) in [5.41, 5.74) is 0.319. The summed E-state index contributed by atoms with van der Waals surface area (Å²) in [6.07, 6.45) is 0. The maximum absolute atomic E-state index is 12.7. The van der Waals surface area contributed by atoms with Gasteiger partial charge >= 0.3 is 0 Å². The van der Waals surface area contributed by atoms with Crippen molar-refractivity contribution >= 4 is 28.5 Å². The van der Waals surface area contributed by atoms with Gasteiger partial charge in [0.15, 0.2) is 5.76 Å². The molecule has 0 saturated carbocycles. The van der Waals surface area contributed by atoms with E-state index >= 15 is 0 Å². The van der Waals surface area contributed by atoms with Crippen molar-refractivity contribution in [3.05, 3.63) is 57.7 Å². The molecule has 1 aromatic heterocycles. The summed E-state index contributed by atoms with van der Waals surface area (Å²) >= 11 is 5.92. The van der Waals surface area contributed by atoms with Crippen LogP contribution in [0.5, 0.6) is 11.5 Å². The highest BCUT2D eigenvalue weighted by molar-refractivity contribution is 6.31. The molecule has 128 valence electrons. The third kappa shape index (κ3) is 3.44. The number of methoxy groups -OCH3 is 1. The lowest BCUT2D eigenvalue weighted by Gasteiger charge is -2.12. The summed E-state index contributed by atoms with van der Waals surface area (Å²) < 4.78 is 16.0. The third-order valence-corrected chi connectivity index (χ3v) is 3.73. The average molecular weight is 360 g/mol. The Kier molecular flexibility index (Phi) is 4.63. The lowest BCUT2D eigenvalue weighted by Crippen LogP contribution is -2.30. The number of hydrogen-bond acceptors (Lipinski definition) is 6. The molecule has 1 heterocycles. The maximum Gasteiger partial charge on any atom is 0.235 e. The highest BCUT2D eigenvalue weighted by atomic mass is 35.5. The molecule has 7 heteroatoms. The second-order valence-corrected chi connectivity index (χ2v) is 5.56. The van der Waals surface area contributed by atoms with Crippen LogP contribution < -0.4 is 20.0 Å². The largest absolute Gasteiger partial charge is 0.546 e. The molecule has 0 saturated heterocycles. The summed E-state index contributed by atoms with van der Waals surface area (Å²) in [7, 11) is 1.53. The van der Waals surface area contributed by atoms with Crippen LogP contribution in [0.1, 0.15) is 0 Å². The standard InChI is InChI=1S/C18H13ClO6/c1-23-12-5-2-10(3-6-12)17-18(24-9-15(20)21)16(22)13-8-11(19)4-7-14(13)25-17/h2-8H,9H2,1H3,(H,20,21)/p-1. The zero-order valence-corrected chi connectivity index (χ0v) is 13.8. The summed E-state index contributed by atoms with van der Waals surface area (Å²) in [5.74, 6) is -0.935. The van der Waals surface area contributed by atoms with Gasteiger partial charge in [-0.2, -0.15) is 0 Å². The normalized spacial score (nSPS) is 10.6. The van der Waals surface area contributed by atoms with Crippen LogP contribution in [0.25, 0.3) is 22.3 Å². The van der Waals surface area contributed by atoms with E-state index in [-0.39, 0.29) is 16.9 Å². The first-order valence-corrected chi connectivity index (χ1v) is 7.61. The lowest BCUT2D eigenvalue weighted by molar-refractivity contribution is -0.307. The van der Waals surface area contributed by atoms with E-state index in [1.807, 2.05) is 0 Å². The molecular weight excluding hydrogens is 348 g/mol. The number of hydrogen-bond donors (Lipinski definition) is 0. The number of halogens is 1. The van der Waals surface area contributed by atoms with Crippen molar-refractivity contribution in [3.8, 4) is 22.8 Å². The van der Waals surface area contributed by atoms with E-state index in [2.05, 4.69) is 0 Å². The van der Waals surface area contributed by atoms with Crippen molar-refractivity contribution in [2.45, 2.75) is 0 Å². The Morgan fingerprint density at radius 1 is 1.20 bits per heavy atom.